The highest BCUT2D eigenvalue weighted by atomic mass is 35.5. The van der Waals surface area contributed by atoms with E-state index in [4.69, 9.17) is 16.3 Å². The Morgan fingerprint density at radius 1 is 1.19 bits per heavy atom. The van der Waals surface area contributed by atoms with Gasteiger partial charge in [-0.2, -0.15) is 4.98 Å². The molecule has 7 heteroatoms. The summed E-state index contributed by atoms with van der Waals surface area (Å²) in [6, 6.07) is 15.2. The van der Waals surface area contributed by atoms with E-state index in [-0.39, 0.29) is 12.6 Å². The molecule has 3 N–H and O–H groups in total. The van der Waals surface area contributed by atoms with Crippen LogP contribution in [0.2, 0.25) is 5.02 Å². The van der Waals surface area contributed by atoms with Crippen LogP contribution in [0, 0.1) is 0 Å². The number of nitrogens with zero attached hydrogens (tertiary/aromatic N) is 2. The molecule has 0 aliphatic rings. The van der Waals surface area contributed by atoms with Crippen molar-refractivity contribution in [1.82, 2.24) is 9.97 Å². The van der Waals surface area contributed by atoms with Gasteiger partial charge < -0.3 is 20.5 Å². The number of nitrogens with one attached hydrogen (secondary N) is 2. The van der Waals surface area contributed by atoms with Crippen LogP contribution in [0.4, 0.5) is 17.5 Å². The van der Waals surface area contributed by atoms with Gasteiger partial charge in [-0.05, 0) is 42.3 Å². The van der Waals surface area contributed by atoms with Crippen molar-refractivity contribution in [2.45, 2.75) is 19.6 Å². The van der Waals surface area contributed by atoms with Gasteiger partial charge in [0.2, 0.25) is 5.95 Å². The van der Waals surface area contributed by atoms with E-state index in [0.717, 1.165) is 22.6 Å². The normalized spacial score (nSPS) is 11.7. The van der Waals surface area contributed by atoms with Crippen LogP contribution >= 0.6 is 11.6 Å². The minimum atomic E-state index is -0.0296. The second-order valence-electron chi connectivity index (χ2n) is 6.02. The summed E-state index contributed by atoms with van der Waals surface area (Å²) >= 11 is 6.26. The number of hydrogen-bond donors (Lipinski definition) is 3. The maximum atomic E-state index is 9.26. The summed E-state index contributed by atoms with van der Waals surface area (Å²) in [5.74, 6) is 1.73. The van der Waals surface area contributed by atoms with Crippen molar-refractivity contribution in [3.05, 3.63) is 70.9 Å². The van der Waals surface area contributed by atoms with Gasteiger partial charge in [0.15, 0.2) is 5.82 Å². The molecule has 3 aromatic rings. The molecule has 0 aliphatic heterocycles. The molecule has 0 bridgehead atoms. The molecule has 6 nitrogen and oxygen atoms in total. The lowest BCUT2D eigenvalue weighted by atomic mass is 10.1. The quantitative estimate of drug-likeness (QED) is 0.554. The zero-order chi connectivity index (χ0) is 19.2. The third-order valence-electron chi connectivity index (χ3n) is 4.06. The first-order valence-electron chi connectivity index (χ1n) is 8.49. The van der Waals surface area contributed by atoms with Crippen LogP contribution in [0.3, 0.4) is 0 Å². The largest absolute Gasteiger partial charge is 0.497 e. The zero-order valence-electron chi connectivity index (χ0n) is 15.1. The van der Waals surface area contributed by atoms with E-state index in [9.17, 15) is 5.11 Å². The molecule has 0 saturated heterocycles. The van der Waals surface area contributed by atoms with Crippen molar-refractivity contribution >= 4 is 29.1 Å². The first-order valence-corrected chi connectivity index (χ1v) is 8.86. The van der Waals surface area contributed by atoms with Crippen molar-refractivity contribution in [3.8, 4) is 5.75 Å². The summed E-state index contributed by atoms with van der Waals surface area (Å²) in [6.07, 6.45) is 1.55. The van der Waals surface area contributed by atoms with Crippen molar-refractivity contribution in [2.75, 3.05) is 17.7 Å². The Hall–Kier alpha value is -2.83. The molecule has 1 heterocycles. The average Bonchev–Trinajstić information content (AvgIpc) is 2.70. The van der Waals surface area contributed by atoms with Gasteiger partial charge in [-0.3, -0.25) is 0 Å². The van der Waals surface area contributed by atoms with Crippen LogP contribution in [0.15, 0.2) is 54.7 Å². The average molecular weight is 385 g/mol. The molecule has 1 aromatic heterocycles. The Bertz CT molecular complexity index is 920. The van der Waals surface area contributed by atoms with E-state index in [1.54, 1.807) is 13.3 Å². The van der Waals surface area contributed by atoms with Gasteiger partial charge in [-0.1, -0.05) is 35.9 Å². The van der Waals surface area contributed by atoms with Crippen LogP contribution in [-0.4, -0.2) is 22.2 Å². The van der Waals surface area contributed by atoms with E-state index in [2.05, 4.69) is 20.6 Å². The van der Waals surface area contributed by atoms with Crippen LogP contribution < -0.4 is 15.4 Å². The van der Waals surface area contributed by atoms with E-state index in [1.165, 1.54) is 0 Å². The molecule has 2 aromatic carbocycles. The summed E-state index contributed by atoms with van der Waals surface area (Å²) in [4.78, 5) is 8.69. The molecule has 0 amide bonds. The molecule has 0 fully saturated rings. The van der Waals surface area contributed by atoms with E-state index >= 15 is 0 Å². The van der Waals surface area contributed by atoms with Gasteiger partial charge in [0.05, 0.1) is 26.0 Å². The van der Waals surface area contributed by atoms with Crippen LogP contribution in [-0.2, 0) is 6.61 Å². The first-order chi connectivity index (χ1) is 13.1. The predicted molar refractivity (Wildman–Crippen MR) is 108 cm³/mol. The minimum Gasteiger partial charge on any atom is -0.497 e. The number of aliphatic hydroxyl groups excluding tert-OH is 1. The lowest BCUT2D eigenvalue weighted by molar-refractivity contribution is 0.282. The Labute approximate surface area is 163 Å². The molecule has 0 saturated carbocycles. The highest BCUT2D eigenvalue weighted by molar-refractivity contribution is 6.32. The fraction of sp³-hybridized carbons (Fsp3) is 0.200. The maximum absolute atomic E-state index is 9.26. The SMILES string of the molecule is COc1cccc(C(C)Nc2nc(Nc3cccc(CO)c3)ncc2Cl)c1. The first kappa shape index (κ1) is 18.9. The maximum Gasteiger partial charge on any atom is 0.229 e. The lowest BCUT2D eigenvalue weighted by Crippen LogP contribution is -2.10. The Balaban J connectivity index is 1.78. The number of halogens is 1. The summed E-state index contributed by atoms with van der Waals surface area (Å²) < 4.78 is 5.28. The number of rotatable bonds is 7. The topological polar surface area (TPSA) is 79.3 Å². The summed E-state index contributed by atoms with van der Waals surface area (Å²) in [7, 11) is 1.64. The second-order valence-corrected chi connectivity index (χ2v) is 6.42. The number of aliphatic hydroxyl groups is 1. The highest BCUT2D eigenvalue weighted by Gasteiger charge is 2.12. The highest BCUT2D eigenvalue weighted by Crippen LogP contribution is 2.27. The Kier molecular flexibility index (Phi) is 6.11. The summed E-state index contributed by atoms with van der Waals surface area (Å²) in [5.41, 5.74) is 2.64. The molecule has 1 atom stereocenters. The summed E-state index contributed by atoms with van der Waals surface area (Å²) in [5, 5.41) is 16.1. The number of aromatic nitrogens is 2. The molecule has 3 rings (SSSR count). The molecule has 1 unspecified atom stereocenters. The second kappa shape index (κ2) is 8.70. The Morgan fingerprint density at radius 3 is 2.78 bits per heavy atom. The standard InChI is InChI=1S/C20H21ClN4O2/c1-13(15-6-4-8-17(10-15)27-2)23-19-18(21)11-22-20(25-19)24-16-7-3-5-14(9-16)12-26/h3-11,13,26H,12H2,1-2H3,(H2,22,23,24,25). The number of hydrogen-bond acceptors (Lipinski definition) is 6. The smallest absolute Gasteiger partial charge is 0.229 e. The minimum absolute atomic E-state index is 0.0259. The van der Waals surface area contributed by atoms with Crippen molar-refractivity contribution in [1.29, 1.82) is 0 Å². The van der Waals surface area contributed by atoms with Crippen LogP contribution in [0.5, 0.6) is 5.75 Å². The van der Waals surface area contributed by atoms with E-state index in [1.807, 2.05) is 55.5 Å². The number of ether oxygens (including phenoxy) is 1. The van der Waals surface area contributed by atoms with Crippen molar-refractivity contribution in [3.63, 3.8) is 0 Å². The van der Waals surface area contributed by atoms with Gasteiger partial charge in [-0.15, -0.1) is 0 Å². The fourth-order valence-corrected chi connectivity index (χ4v) is 2.75. The van der Waals surface area contributed by atoms with E-state index in [0.29, 0.717) is 16.8 Å². The van der Waals surface area contributed by atoms with Gasteiger partial charge >= 0.3 is 0 Å². The van der Waals surface area contributed by atoms with Gasteiger partial charge in [-0.25, -0.2) is 4.98 Å². The third kappa shape index (κ3) is 4.87. The molecule has 27 heavy (non-hydrogen) atoms. The Morgan fingerprint density at radius 2 is 2.00 bits per heavy atom. The third-order valence-corrected chi connectivity index (χ3v) is 4.33. The van der Waals surface area contributed by atoms with Crippen molar-refractivity contribution in [2.24, 2.45) is 0 Å². The van der Waals surface area contributed by atoms with Crippen LogP contribution in [0.25, 0.3) is 0 Å². The molecular weight excluding hydrogens is 364 g/mol. The summed E-state index contributed by atoms with van der Waals surface area (Å²) in [6.45, 7) is 1.99. The number of benzene rings is 2. The lowest BCUT2D eigenvalue weighted by Gasteiger charge is -2.17. The monoisotopic (exact) mass is 384 g/mol. The molecule has 0 spiro atoms. The predicted octanol–water partition coefficient (Wildman–Crippen LogP) is 4.55. The molecule has 140 valence electrons. The molecule has 0 aliphatic carbocycles. The van der Waals surface area contributed by atoms with Gasteiger partial charge in [0, 0.05) is 5.69 Å². The fourth-order valence-electron chi connectivity index (χ4n) is 2.60. The molecular formula is C20H21ClN4O2. The van der Waals surface area contributed by atoms with Gasteiger partial charge in [0.1, 0.15) is 10.8 Å². The number of anilines is 3. The zero-order valence-corrected chi connectivity index (χ0v) is 15.9. The molecule has 0 radical (unpaired) electrons. The van der Waals surface area contributed by atoms with Crippen molar-refractivity contribution < 1.29 is 9.84 Å². The number of methoxy groups -OCH3 is 1. The van der Waals surface area contributed by atoms with Crippen LogP contribution in [0.1, 0.15) is 24.1 Å². The van der Waals surface area contributed by atoms with E-state index < -0.39 is 0 Å². The van der Waals surface area contributed by atoms with Gasteiger partial charge in [0.25, 0.3) is 0 Å².